The van der Waals surface area contributed by atoms with Crippen molar-refractivity contribution < 1.29 is 5.11 Å². The van der Waals surface area contributed by atoms with Crippen molar-refractivity contribution in [2.45, 2.75) is 6.92 Å². The van der Waals surface area contributed by atoms with Crippen molar-refractivity contribution in [2.75, 3.05) is 0 Å². The summed E-state index contributed by atoms with van der Waals surface area (Å²) in [4.78, 5) is 0. The van der Waals surface area contributed by atoms with E-state index in [0.717, 1.165) is 22.1 Å². The van der Waals surface area contributed by atoms with Crippen LogP contribution >= 0.6 is 0 Å². The summed E-state index contributed by atoms with van der Waals surface area (Å²) >= 11 is 0. The molecule has 0 aliphatic rings. The third-order valence-electron chi connectivity index (χ3n) is 3.75. The maximum absolute atomic E-state index is 10.6. The molecule has 1 nitrogen and oxygen atoms in total. The zero-order valence-corrected chi connectivity index (χ0v) is 12.5. The van der Waals surface area contributed by atoms with E-state index in [1.54, 1.807) is 6.07 Å². The molecule has 0 radical (unpaired) electrons. The van der Waals surface area contributed by atoms with Gasteiger partial charge in [-0.3, -0.25) is 0 Å². The second-order valence-corrected chi connectivity index (χ2v) is 5.27. The molecule has 0 aliphatic carbocycles. The Balaban J connectivity index is 2.40. The maximum Gasteiger partial charge on any atom is 0.123 e. The number of benzene rings is 2. The predicted octanol–water partition coefficient (Wildman–Crippen LogP) is 5.65. The second-order valence-electron chi connectivity index (χ2n) is 5.27. The number of hydrogen-bond donors (Lipinski definition) is 1. The molecule has 3 aromatic carbocycles. The Labute approximate surface area is 130 Å². The molecule has 3 aromatic rings. The number of rotatable bonds is 1. The highest BCUT2D eigenvalue weighted by molar-refractivity contribution is 5.98. The summed E-state index contributed by atoms with van der Waals surface area (Å²) in [5, 5.41) is 12.9. The van der Waals surface area contributed by atoms with Gasteiger partial charge in [-0.25, -0.2) is 0 Å². The average molecular weight is 286 g/mol. The van der Waals surface area contributed by atoms with Crippen LogP contribution in [0.5, 0.6) is 5.75 Å². The summed E-state index contributed by atoms with van der Waals surface area (Å²) in [6.45, 7) is 2.02. The van der Waals surface area contributed by atoms with E-state index in [9.17, 15) is 5.11 Å². The molecule has 0 aromatic heterocycles. The van der Waals surface area contributed by atoms with Crippen LogP contribution in [0.1, 0.15) is 5.56 Å². The molecule has 0 saturated carbocycles. The molecule has 22 heavy (non-hydrogen) atoms. The summed E-state index contributed by atoms with van der Waals surface area (Å²) in [5.41, 5.74) is 2.95. The van der Waals surface area contributed by atoms with Crippen molar-refractivity contribution >= 4 is 10.8 Å². The van der Waals surface area contributed by atoms with Gasteiger partial charge in [0.2, 0.25) is 0 Å². The van der Waals surface area contributed by atoms with Crippen LogP contribution in [0.25, 0.3) is 21.9 Å². The minimum Gasteiger partial charge on any atom is -0.507 e. The molecule has 1 heteroatoms. The zero-order valence-electron chi connectivity index (χ0n) is 12.5. The van der Waals surface area contributed by atoms with Crippen molar-refractivity contribution in [1.29, 1.82) is 0 Å². The van der Waals surface area contributed by atoms with Gasteiger partial charge in [0.05, 0.1) is 0 Å². The molecule has 0 spiro atoms. The Bertz CT molecular complexity index is 828. The fourth-order valence-corrected chi connectivity index (χ4v) is 2.70. The maximum atomic E-state index is 10.6. The molecule has 0 unspecified atom stereocenters. The minimum absolute atomic E-state index is 0.282. The molecule has 0 atom stereocenters. The largest absolute Gasteiger partial charge is 0.507 e. The van der Waals surface area contributed by atoms with Gasteiger partial charge < -0.3 is 5.11 Å². The van der Waals surface area contributed by atoms with Gasteiger partial charge in [-0.1, -0.05) is 78.9 Å². The Hall–Kier alpha value is -2.80. The highest BCUT2D eigenvalue weighted by Crippen LogP contribution is 2.35. The first-order valence-electron chi connectivity index (χ1n) is 7.37. The molecule has 3 rings (SSSR count). The standard InChI is InChI=1S/C21H18O/c1-16-10-5-3-2-4-6-15-20(22)21(16)19-14-9-12-17-11-7-8-13-18(17)19/h2-15,22H,1H3. The van der Waals surface area contributed by atoms with Crippen molar-refractivity contribution in [1.82, 2.24) is 0 Å². The molecular formula is C21H18O. The van der Waals surface area contributed by atoms with Crippen LogP contribution in [0.2, 0.25) is 0 Å². The van der Waals surface area contributed by atoms with Gasteiger partial charge in [-0.2, -0.15) is 0 Å². The Kier molecular flexibility index (Phi) is 4.06. The van der Waals surface area contributed by atoms with Gasteiger partial charge in [0.1, 0.15) is 5.75 Å². The molecule has 0 bridgehead atoms. The van der Waals surface area contributed by atoms with E-state index in [1.807, 2.05) is 61.5 Å². The topological polar surface area (TPSA) is 20.2 Å². The molecule has 0 heterocycles. The summed E-state index contributed by atoms with van der Waals surface area (Å²) in [5.74, 6) is 0.282. The van der Waals surface area contributed by atoms with Crippen molar-refractivity contribution in [2.24, 2.45) is 0 Å². The van der Waals surface area contributed by atoms with E-state index in [2.05, 4.69) is 24.3 Å². The van der Waals surface area contributed by atoms with E-state index in [1.165, 1.54) is 5.39 Å². The summed E-state index contributed by atoms with van der Waals surface area (Å²) in [6, 6.07) is 27.9. The number of aryl methyl sites for hydroxylation is 1. The van der Waals surface area contributed by atoms with Crippen LogP contribution in [0.4, 0.5) is 0 Å². The SMILES string of the molecule is Cc1cccccccc(O)c1-c1cccc2ccccc12. The van der Waals surface area contributed by atoms with Gasteiger partial charge in [-0.05, 0) is 34.9 Å². The van der Waals surface area contributed by atoms with E-state index in [0.29, 0.717) is 0 Å². The number of fused-ring (bicyclic) bond motifs is 1. The van der Waals surface area contributed by atoms with Crippen LogP contribution in [-0.4, -0.2) is 5.11 Å². The Morgan fingerprint density at radius 1 is 0.636 bits per heavy atom. The predicted molar refractivity (Wildman–Crippen MR) is 93.4 cm³/mol. The first kappa shape index (κ1) is 14.2. The lowest BCUT2D eigenvalue weighted by atomic mass is 9.95. The Morgan fingerprint density at radius 3 is 2.14 bits per heavy atom. The van der Waals surface area contributed by atoms with E-state index < -0.39 is 0 Å². The first-order valence-corrected chi connectivity index (χ1v) is 7.37. The minimum atomic E-state index is 0.282. The molecule has 108 valence electrons. The van der Waals surface area contributed by atoms with Gasteiger partial charge in [0.15, 0.2) is 0 Å². The zero-order chi connectivity index (χ0) is 15.4. The lowest BCUT2D eigenvalue weighted by Gasteiger charge is -2.10. The van der Waals surface area contributed by atoms with Gasteiger partial charge in [0, 0.05) is 5.56 Å². The molecule has 0 fully saturated rings. The van der Waals surface area contributed by atoms with E-state index >= 15 is 0 Å². The van der Waals surface area contributed by atoms with Gasteiger partial charge in [-0.15, -0.1) is 0 Å². The van der Waals surface area contributed by atoms with E-state index in [4.69, 9.17) is 0 Å². The highest BCUT2D eigenvalue weighted by Gasteiger charge is 2.08. The fraction of sp³-hybridized carbons (Fsp3) is 0.0476. The highest BCUT2D eigenvalue weighted by atomic mass is 16.3. The fourth-order valence-electron chi connectivity index (χ4n) is 2.70. The van der Waals surface area contributed by atoms with Crippen LogP contribution in [0.15, 0.2) is 84.9 Å². The van der Waals surface area contributed by atoms with Gasteiger partial charge in [0.25, 0.3) is 0 Å². The van der Waals surface area contributed by atoms with Crippen LogP contribution < -0.4 is 0 Å². The lowest BCUT2D eigenvalue weighted by molar-refractivity contribution is 0.477. The lowest BCUT2D eigenvalue weighted by Crippen LogP contribution is -1.84. The van der Waals surface area contributed by atoms with Crippen LogP contribution in [-0.2, 0) is 0 Å². The summed E-state index contributed by atoms with van der Waals surface area (Å²) in [7, 11) is 0. The number of aromatic hydroxyl groups is 1. The second kappa shape index (κ2) is 6.31. The normalized spacial score (nSPS) is 10.2. The van der Waals surface area contributed by atoms with Crippen molar-refractivity contribution in [3.63, 3.8) is 0 Å². The van der Waals surface area contributed by atoms with Gasteiger partial charge >= 0.3 is 0 Å². The van der Waals surface area contributed by atoms with Crippen molar-refractivity contribution in [3.8, 4) is 16.9 Å². The quantitative estimate of drug-likeness (QED) is 0.613. The molecule has 0 saturated heterocycles. The number of hydrogen-bond acceptors (Lipinski definition) is 1. The van der Waals surface area contributed by atoms with Crippen LogP contribution in [0.3, 0.4) is 0 Å². The summed E-state index contributed by atoms with van der Waals surface area (Å²) < 4.78 is 0. The molecule has 0 aliphatic heterocycles. The summed E-state index contributed by atoms with van der Waals surface area (Å²) in [6.07, 6.45) is 0. The molecule has 1 N–H and O–H groups in total. The molecule has 0 amide bonds. The Morgan fingerprint density at radius 2 is 1.27 bits per heavy atom. The van der Waals surface area contributed by atoms with E-state index in [-0.39, 0.29) is 5.75 Å². The molecular weight excluding hydrogens is 268 g/mol. The monoisotopic (exact) mass is 286 g/mol. The van der Waals surface area contributed by atoms with Crippen LogP contribution in [0, 0.1) is 6.92 Å². The third-order valence-corrected chi connectivity index (χ3v) is 3.75. The van der Waals surface area contributed by atoms with Crippen molar-refractivity contribution in [3.05, 3.63) is 90.5 Å². The smallest absolute Gasteiger partial charge is 0.123 e. The first-order chi connectivity index (χ1) is 10.8. The third kappa shape index (κ3) is 2.79. The average Bonchev–Trinajstić information content (AvgIpc) is 2.54.